The molecule has 0 atom stereocenters. The van der Waals surface area contributed by atoms with Gasteiger partial charge in [-0.25, -0.2) is 9.67 Å². The fraction of sp³-hybridized carbons (Fsp3) is 0.0500. The fourth-order valence-corrected chi connectivity index (χ4v) is 2.54. The summed E-state index contributed by atoms with van der Waals surface area (Å²) in [6.45, 7) is 0. The Kier molecular flexibility index (Phi) is 5.31. The fourth-order valence-electron chi connectivity index (χ4n) is 2.54. The number of anilines is 1. The summed E-state index contributed by atoms with van der Waals surface area (Å²) in [5.74, 6) is 0.624. The van der Waals surface area contributed by atoms with Gasteiger partial charge in [0.25, 0.3) is 5.91 Å². The van der Waals surface area contributed by atoms with Gasteiger partial charge in [-0.15, -0.1) is 5.10 Å². The number of rotatable bonds is 5. The summed E-state index contributed by atoms with van der Waals surface area (Å²) in [6, 6.07) is 12.1. The maximum absolute atomic E-state index is 12.7. The van der Waals surface area contributed by atoms with Gasteiger partial charge in [0.2, 0.25) is 0 Å². The number of halogens is 3. The van der Waals surface area contributed by atoms with E-state index in [-0.39, 0.29) is 11.5 Å². The summed E-state index contributed by atoms with van der Waals surface area (Å²) < 4.78 is 44.7. The minimum Gasteiger partial charge on any atom is -0.457 e. The first-order valence-corrected chi connectivity index (χ1v) is 8.84. The molecule has 0 aliphatic rings. The van der Waals surface area contributed by atoms with Crippen molar-refractivity contribution in [2.45, 2.75) is 6.18 Å². The molecular weight excluding hydrogens is 413 g/mol. The van der Waals surface area contributed by atoms with E-state index in [1.54, 1.807) is 48.8 Å². The van der Waals surface area contributed by atoms with E-state index in [1.807, 2.05) is 0 Å². The third-order valence-corrected chi connectivity index (χ3v) is 4.01. The van der Waals surface area contributed by atoms with Gasteiger partial charge in [-0.05, 0) is 36.4 Å². The molecular formula is C20H13F3N6O2. The number of ether oxygens (including phenoxy) is 1. The van der Waals surface area contributed by atoms with Crippen LogP contribution in [0.25, 0.3) is 5.82 Å². The highest BCUT2D eigenvalue weighted by atomic mass is 19.4. The average Bonchev–Trinajstić information content (AvgIpc) is 3.25. The van der Waals surface area contributed by atoms with Gasteiger partial charge in [-0.1, -0.05) is 11.3 Å². The van der Waals surface area contributed by atoms with Crippen LogP contribution in [0.3, 0.4) is 0 Å². The van der Waals surface area contributed by atoms with Gasteiger partial charge in [0.05, 0.1) is 11.8 Å². The number of benzene rings is 1. The number of pyridine rings is 2. The van der Waals surface area contributed by atoms with Crippen LogP contribution < -0.4 is 10.1 Å². The lowest BCUT2D eigenvalue weighted by Crippen LogP contribution is -2.12. The monoisotopic (exact) mass is 426 g/mol. The molecule has 11 heteroatoms. The third-order valence-electron chi connectivity index (χ3n) is 4.01. The standard InChI is InChI=1S/C20H13F3N6O2/c21-20(22,23)13-4-5-18(25-11-13)29-12-17(27-28-29)19(30)26-14-2-1-3-16(10-14)31-15-6-8-24-9-7-15/h1-12H,(H,26,30). The van der Waals surface area contributed by atoms with Crippen LogP contribution in [0.5, 0.6) is 11.5 Å². The molecule has 4 aromatic rings. The van der Waals surface area contributed by atoms with Crippen LogP contribution in [-0.4, -0.2) is 30.9 Å². The van der Waals surface area contributed by atoms with E-state index in [9.17, 15) is 18.0 Å². The second-order valence-electron chi connectivity index (χ2n) is 6.22. The SMILES string of the molecule is O=C(Nc1cccc(Oc2ccncc2)c1)c1cn(-c2ccc(C(F)(F)F)cn2)nn1. The van der Waals surface area contributed by atoms with Crippen molar-refractivity contribution in [3.8, 4) is 17.3 Å². The number of carbonyl (C=O) groups excluding carboxylic acids is 1. The van der Waals surface area contributed by atoms with Crippen molar-refractivity contribution in [2.75, 3.05) is 5.32 Å². The number of aromatic nitrogens is 5. The molecule has 4 rings (SSSR count). The number of nitrogens with zero attached hydrogens (tertiary/aromatic N) is 5. The van der Waals surface area contributed by atoms with Gasteiger partial charge >= 0.3 is 6.18 Å². The highest BCUT2D eigenvalue weighted by Crippen LogP contribution is 2.28. The van der Waals surface area contributed by atoms with Crippen molar-refractivity contribution in [3.63, 3.8) is 0 Å². The number of nitrogens with one attached hydrogen (secondary N) is 1. The Labute approximate surface area is 173 Å². The first-order chi connectivity index (χ1) is 14.9. The van der Waals surface area contributed by atoms with E-state index in [2.05, 4.69) is 25.6 Å². The van der Waals surface area contributed by atoms with Gasteiger partial charge in [0, 0.05) is 30.3 Å². The average molecular weight is 426 g/mol. The van der Waals surface area contributed by atoms with E-state index >= 15 is 0 Å². The molecule has 0 unspecified atom stereocenters. The highest BCUT2D eigenvalue weighted by Gasteiger charge is 2.30. The summed E-state index contributed by atoms with van der Waals surface area (Å²) in [5, 5.41) is 10.2. The third kappa shape index (κ3) is 4.83. The lowest BCUT2D eigenvalue weighted by atomic mass is 10.3. The van der Waals surface area contributed by atoms with Crippen LogP contribution in [0.2, 0.25) is 0 Å². The molecule has 3 aromatic heterocycles. The minimum atomic E-state index is -4.49. The summed E-state index contributed by atoms with van der Waals surface area (Å²) in [4.78, 5) is 20.1. The van der Waals surface area contributed by atoms with Crippen LogP contribution in [0.15, 0.2) is 73.3 Å². The number of hydrogen-bond donors (Lipinski definition) is 1. The number of amides is 1. The molecule has 0 saturated heterocycles. The second-order valence-corrected chi connectivity index (χ2v) is 6.22. The van der Waals surface area contributed by atoms with Gasteiger partial charge in [0.1, 0.15) is 11.5 Å². The van der Waals surface area contributed by atoms with E-state index < -0.39 is 17.6 Å². The summed E-state index contributed by atoms with van der Waals surface area (Å²) in [5.41, 5.74) is -0.468. The van der Waals surface area contributed by atoms with E-state index in [0.717, 1.165) is 16.8 Å². The maximum atomic E-state index is 12.7. The predicted molar refractivity (Wildman–Crippen MR) is 103 cm³/mol. The van der Waals surface area contributed by atoms with Crippen molar-refractivity contribution in [1.82, 2.24) is 25.0 Å². The summed E-state index contributed by atoms with van der Waals surface area (Å²) in [7, 11) is 0. The lowest BCUT2D eigenvalue weighted by Gasteiger charge is -2.08. The second kappa shape index (κ2) is 8.22. The van der Waals surface area contributed by atoms with Crippen molar-refractivity contribution in [1.29, 1.82) is 0 Å². The molecule has 0 aliphatic heterocycles. The Morgan fingerprint density at radius 2 is 1.84 bits per heavy atom. The molecule has 0 aliphatic carbocycles. The Hall–Kier alpha value is -4.28. The van der Waals surface area contributed by atoms with Gasteiger partial charge in [0.15, 0.2) is 11.5 Å². The zero-order chi connectivity index (χ0) is 21.8. The maximum Gasteiger partial charge on any atom is 0.417 e. The van der Waals surface area contributed by atoms with Crippen molar-refractivity contribution in [3.05, 3.63) is 84.6 Å². The predicted octanol–water partition coefficient (Wildman–Crippen LogP) is 4.12. The number of alkyl halides is 3. The van der Waals surface area contributed by atoms with Crippen LogP contribution in [-0.2, 0) is 6.18 Å². The first-order valence-electron chi connectivity index (χ1n) is 8.84. The molecule has 8 nitrogen and oxygen atoms in total. The topological polar surface area (TPSA) is 94.8 Å². The molecule has 1 aromatic carbocycles. The molecule has 0 fully saturated rings. The van der Waals surface area contributed by atoms with Crippen LogP contribution in [0.1, 0.15) is 16.1 Å². The Balaban J connectivity index is 1.45. The minimum absolute atomic E-state index is 0.0397. The molecule has 1 N–H and O–H groups in total. The quantitative estimate of drug-likeness (QED) is 0.516. The number of hydrogen-bond acceptors (Lipinski definition) is 6. The zero-order valence-corrected chi connectivity index (χ0v) is 15.6. The van der Waals surface area contributed by atoms with Gasteiger partial charge in [-0.3, -0.25) is 9.78 Å². The molecule has 31 heavy (non-hydrogen) atoms. The van der Waals surface area contributed by atoms with Gasteiger partial charge in [-0.2, -0.15) is 13.2 Å². The molecule has 156 valence electrons. The number of carbonyl (C=O) groups is 1. The normalized spacial score (nSPS) is 11.2. The highest BCUT2D eigenvalue weighted by molar-refractivity contribution is 6.02. The molecule has 0 spiro atoms. The Bertz CT molecular complexity index is 1190. The van der Waals surface area contributed by atoms with Crippen molar-refractivity contribution in [2.24, 2.45) is 0 Å². The molecule has 0 radical (unpaired) electrons. The Morgan fingerprint density at radius 3 is 2.55 bits per heavy atom. The first kappa shape index (κ1) is 20.0. The summed E-state index contributed by atoms with van der Waals surface area (Å²) >= 11 is 0. The van der Waals surface area contributed by atoms with E-state index in [1.165, 1.54) is 6.20 Å². The van der Waals surface area contributed by atoms with Crippen molar-refractivity contribution < 1.29 is 22.7 Å². The smallest absolute Gasteiger partial charge is 0.417 e. The van der Waals surface area contributed by atoms with Crippen LogP contribution >= 0.6 is 0 Å². The van der Waals surface area contributed by atoms with Crippen LogP contribution in [0, 0.1) is 0 Å². The van der Waals surface area contributed by atoms with Crippen molar-refractivity contribution >= 4 is 11.6 Å². The van der Waals surface area contributed by atoms with E-state index in [4.69, 9.17) is 4.74 Å². The largest absolute Gasteiger partial charge is 0.457 e. The van der Waals surface area contributed by atoms with Gasteiger partial charge < -0.3 is 10.1 Å². The zero-order valence-electron chi connectivity index (χ0n) is 15.6. The molecule has 0 bridgehead atoms. The lowest BCUT2D eigenvalue weighted by molar-refractivity contribution is -0.137. The van der Waals surface area contributed by atoms with E-state index in [0.29, 0.717) is 23.4 Å². The van der Waals surface area contributed by atoms with Crippen LogP contribution in [0.4, 0.5) is 18.9 Å². The molecule has 1 amide bonds. The summed E-state index contributed by atoms with van der Waals surface area (Å²) in [6.07, 6.45) is 0.646. The molecule has 3 heterocycles. The Morgan fingerprint density at radius 1 is 1.03 bits per heavy atom. The molecule has 0 saturated carbocycles.